The van der Waals surface area contributed by atoms with Gasteiger partial charge in [0.15, 0.2) is 0 Å². The summed E-state index contributed by atoms with van der Waals surface area (Å²) >= 11 is 0. The van der Waals surface area contributed by atoms with Crippen molar-refractivity contribution in [2.75, 3.05) is 0 Å². The van der Waals surface area contributed by atoms with Gasteiger partial charge in [-0.15, -0.1) is 89.5 Å². The van der Waals surface area contributed by atoms with E-state index >= 15 is 0 Å². The molecule has 9 rings (SSSR count). The quantitative estimate of drug-likeness (QED) is 0.135. The Balaban J connectivity index is 0.000000183. The number of furan rings is 1. The summed E-state index contributed by atoms with van der Waals surface area (Å²) in [7, 11) is 0. The van der Waals surface area contributed by atoms with E-state index in [9.17, 15) is 0 Å². The Morgan fingerprint density at radius 1 is 0.576 bits per heavy atom. The molecule has 0 saturated heterocycles. The van der Waals surface area contributed by atoms with E-state index in [1.54, 1.807) is 0 Å². The predicted octanol–water partition coefficient (Wildman–Crippen LogP) is 12.5. The number of fused-ring (bicyclic) bond motifs is 3. The van der Waals surface area contributed by atoms with Crippen molar-refractivity contribution in [3.05, 3.63) is 204 Å². The molecule has 9 aromatic rings. The Kier molecular flexibility index (Phi) is 13.0. The van der Waals surface area contributed by atoms with Crippen molar-refractivity contribution in [3.63, 3.8) is 0 Å². The average Bonchev–Trinajstić information content (AvgIpc) is 3.62. The summed E-state index contributed by atoms with van der Waals surface area (Å²) < 4.78 is 6.08. The summed E-state index contributed by atoms with van der Waals surface area (Å²) in [5.74, 6) is 0. The van der Waals surface area contributed by atoms with Crippen LogP contribution in [0.3, 0.4) is 0 Å². The molecule has 0 radical (unpaired) electrons. The molecule has 0 aliphatic rings. The molecule has 292 valence electrons. The zero-order valence-corrected chi connectivity index (χ0v) is 36.2. The Morgan fingerprint density at radius 2 is 1.36 bits per heavy atom. The molecule has 0 unspecified atom stereocenters. The fraction of sp³-hybridized carbons (Fsp3) is 0.170. The van der Waals surface area contributed by atoms with E-state index in [0.29, 0.717) is 5.71 Å². The Hall–Kier alpha value is -6.07. The predicted molar refractivity (Wildman–Crippen MR) is 235 cm³/mol. The van der Waals surface area contributed by atoms with Gasteiger partial charge in [-0.05, 0) is 96.1 Å². The number of hydrogen-bond acceptors (Lipinski definition) is 5. The molecule has 0 aliphatic heterocycles. The minimum atomic E-state index is 0. The molecule has 0 atom stereocenters. The summed E-state index contributed by atoms with van der Waals surface area (Å²) in [5, 5.41) is 2.08. The number of nitrogens with zero attached hydrogens (tertiary/aromatic N) is 4. The molecule has 5 aromatic heterocycles. The molecule has 0 aliphatic carbocycles. The zero-order valence-electron chi connectivity index (χ0n) is 33.8. The number of rotatable bonds is 9. The second-order valence-electron chi connectivity index (χ2n) is 15.8. The van der Waals surface area contributed by atoms with Crippen LogP contribution in [-0.2, 0) is 45.8 Å². The summed E-state index contributed by atoms with van der Waals surface area (Å²) in [6.45, 7) is 8.70. The number of aromatic nitrogens is 4. The standard InChI is InChI=1S/C31H24N2.C22H21N2O.Ir/c1-2-11-26(12-3-1)30-20-18-24(23-33-30)17-19-25-10-4-5-13-27(25)22-28-14-6-7-15-29(28)31-16-8-9-21-32-31;1-14-8-9-17-16-6-5-7-18(20(16)25-21(17)24-14)19-12-15(10-11-23-19)13-22(2,3)4;/h1-11,13-14,16,18,20-21,23H,17,19,22H2;5-6,8-12H,13H2,1-4H3;/q-2;-1;+3. The van der Waals surface area contributed by atoms with E-state index in [2.05, 4.69) is 126 Å². The molecule has 4 aromatic carbocycles. The van der Waals surface area contributed by atoms with Crippen molar-refractivity contribution >= 4 is 22.1 Å². The smallest absolute Gasteiger partial charge is 0.486 e. The van der Waals surface area contributed by atoms with Crippen molar-refractivity contribution in [3.8, 4) is 33.8 Å². The van der Waals surface area contributed by atoms with Gasteiger partial charge >= 0.3 is 20.1 Å². The van der Waals surface area contributed by atoms with Gasteiger partial charge in [0.2, 0.25) is 5.71 Å². The molecule has 0 saturated carbocycles. The third-order valence-electron chi connectivity index (χ3n) is 10.1. The fourth-order valence-corrected chi connectivity index (χ4v) is 7.35. The minimum absolute atomic E-state index is 0. The van der Waals surface area contributed by atoms with Crippen LogP contribution < -0.4 is 0 Å². The van der Waals surface area contributed by atoms with E-state index in [-0.39, 0.29) is 25.5 Å². The Morgan fingerprint density at radius 3 is 2.14 bits per heavy atom. The van der Waals surface area contributed by atoms with Crippen molar-refractivity contribution in [2.24, 2.45) is 5.41 Å². The van der Waals surface area contributed by atoms with Crippen LogP contribution in [0.15, 0.2) is 156 Å². The molecule has 0 fully saturated rings. The SMILES string of the molecule is Cc1ccc2c(n1)oc1c(-c3cc(CC(C)(C)C)ccn3)[c-]ccc12.[Ir+3].[c-]1ccccc1-c1ccc(CCc2ccccc2Cc2ccc[c-]c2-c2ccccn2)cn1. The number of hydrogen-bond donors (Lipinski definition) is 0. The maximum Gasteiger partial charge on any atom is 3.00 e. The summed E-state index contributed by atoms with van der Waals surface area (Å²) in [6, 6.07) is 55.4. The van der Waals surface area contributed by atoms with Crippen LogP contribution in [0.1, 0.15) is 54.3 Å². The Bertz CT molecular complexity index is 2770. The van der Waals surface area contributed by atoms with E-state index in [0.717, 1.165) is 81.5 Å². The van der Waals surface area contributed by atoms with E-state index in [1.165, 1.54) is 27.8 Å². The van der Waals surface area contributed by atoms with Crippen molar-refractivity contribution in [2.45, 2.75) is 53.4 Å². The summed E-state index contributed by atoms with van der Waals surface area (Å²) in [5.41, 5.74) is 14.9. The van der Waals surface area contributed by atoms with Crippen molar-refractivity contribution in [1.29, 1.82) is 0 Å². The average molecular weight is 946 g/mol. The minimum Gasteiger partial charge on any atom is -0.486 e. The van der Waals surface area contributed by atoms with Crippen LogP contribution in [0.2, 0.25) is 0 Å². The fourth-order valence-electron chi connectivity index (χ4n) is 7.35. The van der Waals surface area contributed by atoms with Gasteiger partial charge in [-0.2, -0.15) is 0 Å². The first-order valence-corrected chi connectivity index (χ1v) is 19.8. The monoisotopic (exact) mass is 946 g/mol. The van der Waals surface area contributed by atoms with E-state index in [1.807, 2.05) is 92.2 Å². The topological polar surface area (TPSA) is 64.7 Å². The Labute approximate surface area is 361 Å². The second-order valence-corrected chi connectivity index (χ2v) is 15.8. The molecule has 0 spiro atoms. The van der Waals surface area contributed by atoms with Crippen LogP contribution in [0.25, 0.3) is 55.8 Å². The zero-order chi connectivity index (χ0) is 39.9. The molecule has 0 bridgehead atoms. The van der Waals surface area contributed by atoms with Gasteiger partial charge in [0.1, 0.15) is 0 Å². The number of aryl methyl sites for hydroxylation is 3. The van der Waals surface area contributed by atoms with Gasteiger partial charge in [-0.3, -0.25) is 0 Å². The summed E-state index contributed by atoms with van der Waals surface area (Å²) in [6.07, 6.45) is 9.49. The largest absolute Gasteiger partial charge is 3.00 e. The van der Waals surface area contributed by atoms with Gasteiger partial charge in [-0.25, -0.2) is 4.98 Å². The first kappa shape index (κ1) is 41.1. The van der Waals surface area contributed by atoms with Crippen LogP contribution >= 0.6 is 0 Å². The molecular weight excluding hydrogens is 901 g/mol. The third-order valence-corrected chi connectivity index (χ3v) is 10.1. The number of pyridine rings is 4. The number of benzene rings is 4. The van der Waals surface area contributed by atoms with Gasteiger partial charge < -0.3 is 19.4 Å². The van der Waals surface area contributed by atoms with E-state index in [4.69, 9.17) is 4.42 Å². The van der Waals surface area contributed by atoms with Gasteiger partial charge in [0.05, 0.1) is 5.58 Å². The first-order chi connectivity index (χ1) is 28.3. The molecule has 0 N–H and O–H groups in total. The second kappa shape index (κ2) is 18.7. The maximum absolute atomic E-state index is 6.08. The third kappa shape index (κ3) is 10.2. The summed E-state index contributed by atoms with van der Waals surface area (Å²) in [4.78, 5) is 18.3. The van der Waals surface area contributed by atoms with E-state index < -0.39 is 0 Å². The van der Waals surface area contributed by atoms with Crippen molar-refractivity contribution in [1.82, 2.24) is 19.9 Å². The van der Waals surface area contributed by atoms with Gasteiger partial charge in [-0.1, -0.05) is 91.9 Å². The van der Waals surface area contributed by atoms with Crippen LogP contribution in [0, 0.1) is 30.5 Å². The van der Waals surface area contributed by atoms with Crippen molar-refractivity contribution < 1.29 is 24.5 Å². The molecule has 0 amide bonds. The van der Waals surface area contributed by atoms with Crippen LogP contribution in [-0.4, -0.2) is 19.9 Å². The van der Waals surface area contributed by atoms with Crippen LogP contribution in [0.5, 0.6) is 0 Å². The molecule has 59 heavy (non-hydrogen) atoms. The first-order valence-electron chi connectivity index (χ1n) is 19.8. The van der Waals surface area contributed by atoms with Gasteiger partial charge in [0, 0.05) is 29.7 Å². The maximum atomic E-state index is 6.08. The molecule has 6 heteroatoms. The van der Waals surface area contributed by atoms with Gasteiger partial charge in [0.25, 0.3) is 0 Å². The molecule has 5 nitrogen and oxygen atoms in total. The molecular formula is C53H45IrN4O. The molecule has 5 heterocycles. The normalized spacial score (nSPS) is 11.2. The van der Waals surface area contributed by atoms with Crippen LogP contribution in [0.4, 0.5) is 0 Å².